The van der Waals surface area contributed by atoms with E-state index in [0.29, 0.717) is 23.7 Å². The van der Waals surface area contributed by atoms with E-state index in [-0.39, 0.29) is 19.2 Å². The second-order valence-corrected chi connectivity index (χ2v) is 10.1. The van der Waals surface area contributed by atoms with Crippen molar-refractivity contribution in [3.8, 4) is 11.5 Å². The fraction of sp³-hybridized carbons (Fsp3) is 0.350. The lowest BCUT2D eigenvalue weighted by atomic mass is 10.2. The predicted octanol–water partition coefficient (Wildman–Crippen LogP) is 3.27. The summed E-state index contributed by atoms with van der Waals surface area (Å²) in [5.74, 6) is 2.36. The van der Waals surface area contributed by atoms with E-state index in [1.807, 2.05) is 24.3 Å². The smallest absolute Gasteiger partial charge is 0.240 e. The monoisotopic (exact) mass is 470 g/mol. The molecule has 30 heavy (non-hydrogen) atoms. The molecule has 2 aromatic rings. The molecule has 1 N–H and O–H groups in total. The molecule has 1 amide bonds. The summed E-state index contributed by atoms with van der Waals surface area (Å²) in [4.78, 5) is 12.3. The highest BCUT2D eigenvalue weighted by molar-refractivity contribution is 7.98. The lowest BCUT2D eigenvalue weighted by molar-refractivity contribution is -0.119. The van der Waals surface area contributed by atoms with Crippen LogP contribution in [0.3, 0.4) is 0 Å². The lowest BCUT2D eigenvalue weighted by Crippen LogP contribution is -2.40. The quantitative estimate of drug-likeness (QED) is 0.536. The van der Waals surface area contributed by atoms with Crippen LogP contribution in [-0.2, 0) is 20.6 Å². The fourth-order valence-electron chi connectivity index (χ4n) is 2.85. The Labute approximate surface area is 185 Å². The number of nitrogens with zero attached hydrogens (tertiary/aromatic N) is 1. The van der Waals surface area contributed by atoms with Crippen LogP contribution in [0.1, 0.15) is 12.0 Å². The van der Waals surface area contributed by atoms with Crippen molar-refractivity contribution in [2.24, 2.45) is 0 Å². The number of nitrogens with one attached hydrogen (secondary N) is 1. The Hall–Kier alpha value is -2.10. The van der Waals surface area contributed by atoms with Gasteiger partial charge in [0.05, 0.1) is 11.9 Å². The Morgan fingerprint density at radius 1 is 1.20 bits per heavy atom. The summed E-state index contributed by atoms with van der Waals surface area (Å²) < 4.78 is 36.0. The summed E-state index contributed by atoms with van der Waals surface area (Å²) in [6.45, 7) is 0.266. The van der Waals surface area contributed by atoms with Gasteiger partial charge in [0.2, 0.25) is 22.7 Å². The summed E-state index contributed by atoms with van der Waals surface area (Å²) in [5, 5.41) is 3.50. The summed E-state index contributed by atoms with van der Waals surface area (Å²) in [6.07, 6.45) is 1.84. The van der Waals surface area contributed by atoms with Gasteiger partial charge in [0.1, 0.15) is 6.54 Å². The third kappa shape index (κ3) is 6.45. The molecule has 0 unspecified atom stereocenters. The van der Waals surface area contributed by atoms with Gasteiger partial charge in [-0.1, -0.05) is 23.7 Å². The van der Waals surface area contributed by atoms with Crippen molar-refractivity contribution >= 4 is 45.0 Å². The Balaban J connectivity index is 1.45. The molecule has 0 radical (unpaired) electrons. The van der Waals surface area contributed by atoms with E-state index >= 15 is 0 Å². The molecule has 0 fully saturated rings. The maximum atomic E-state index is 12.3. The van der Waals surface area contributed by atoms with E-state index in [1.54, 1.807) is 30.0 Å². The Bertz CT molecular complexity index is 1000. The average Bonchev–Trinajstić information content (AvgIpc) is 3.15. The van der Waals surface area contributed by atoms with Gasteiger partial charge < -0.3 is 14.8 Å². The van der Waals surface area contributed by atoms with Gasteiger partial charge in [0.25, 0.3) is 0 Å². The molecule has 0 bridgehead atoms. The zero-order valence-electron chi connectivity index (χ0n) is 16.5. The third-order valence-corrected chi connectivity index (χ3v) is 6.77. The van der Waals surface area contributed by atoms with Gasteiger partial charge in [-0.2, -0.15) is 11.8 Å². The largest absolute Gasteiger partial charge is 0.454 e. The molecule has 3 rings (SSSR count). The molecule has 1 aliphatic rings. The van der Waals surface area contributed by atoms with Gasteiger partial charge in [-0.15, -0.1) is 0 Å². The molecule has 0 saturated carbocycles. The first-order valence-corrected chi connectivity index (χ1v) is 12.7. The molecule has 0 spiro atoms. The van der Waals surface area contributed by atoms with Gasteiger partial charge in [0.15, 0.2) is 11.5 Å². The summed E-state index contributed by atoms with van der Waals surface area (Å²) in [5.41, 5.74) is 1.51. The van der Waals surface area contributed by atoms with Crippen LogP contribution < -0.4 is 19.1 Å². The summed E-state index contributed by atoms with van der Waals surface area (Å²) >= 11 is 7.72. The molecule has 0 aromatic heterocycles. The van der Waals surface area contributed by atoms with E-state index in [1.165, 1.54) is 0 Å². The van der Waals surface area contributed by atoms with Crippen LogP contribution in [0.5, 0.6) is 11.5 Å². The molecule has 0 aliphatic carbocycles. The minimum atomic E-state index is -3.64. The van der Waals surface area contributed by atoms with Gasteiger partial charge in [0, 0.05) is 23.4 Å². The van der Waals surface area contributed by atoms with E-state index in [9.17, 15) is 13.2 Å². The Kier molecular flexibility index (Phi) is 7.74. The van der Waals surface area contributed by atoms with Crippen molar-refractivity contribution in [1.29, 1.82) is 0 Å². The highest BCUT2D eigenvalue weighted by atomic mass is 35.5. The number of hydrogen-bond donors (Lipinski definition) is 1. The fourth-order valence-corrected chi connectivity index (χ4v) is 4.81. The van der Waals surface area contributed by atoms with Gasteiger partial charge in [-0.25, -0.2) is 8.42 Å². The van der Waals surface area contributed by atoms with Crippen molar-refractivity contribution in [3.63, 3.8) is 0 Å². The van der Waals surface area contributed by atoms with Gasteiger partial charge in [-0.3, -0.25) is 9.10 Å². The van der Waals surface area contributed by atoms with Gasteiger partial charge in [-0.05, 0) is 42.0 Å². The molecule has 10 heteroatoms. The minimum Gasteiger partial charge on any atom is -0.454 e. The number of halogens is 1. The first kappa shape index (κ1) is 22.6. The van der Waals surface area contributed by atoms with Crippen LogP contribution in [0.4, 0.5) is 5.69 Å². The van der Waals surface area contributed by atoms with Crippen LogP contribution in [0, 0.1) is 0 Å². The SMILES string of the molecule is CS(=O)(=O)N(CC(=O)NCCCSCc1cccc(Cl)c1)c1ccc2c(c1)OCO2. The number of rotatable bonds is 10. The van der Waals surface area contributed by atoms with Crippen molar-refractivity contribution in [2.75, 3.05) is 36.2 Å². The first-order valence-electron chi connectivity index (χ1n) is 9.29. The van der Waals surface area contributed by atoms with Crippen LogP contribution in [-0.4, -0.2) is 46.2 Å². The Morgan fingerprint density at radius 3 is 2.77 bits per heavy atom. The second kappa shape index (κ2) is 10.3. The molecule has 2 aromatic carbocycles. The topological polar surface area (TPSA) is 84.9 Å². The number of carbonyl (C=O) groups excluding carboxylic acids is 1. The number of benzene rings is 2. The van der Waals surface area contributed by atoms with E-state index in [4.69, 9.17) is 21.1 Å². The third-order valence-electron chi connectivity index (χ3n) is 4.28. The lowest BCUT2D eigenvalue weighted by Gasteiger charge is -2.22. The highest BCUT2D eigenvalue weighted by Crippen LogP contribution is 2.36. The molecular formula is C20H23ClN2O5S2. The zero-order chi connectivity index (χ0) is 21.6. The first-order chi connectivity index (χ1) is 14.3. The summed E-state index contributed by atoms with van der Waals surface area (Å²) in [7, 11) is -3.64. The molecule has 0 atom stereocenters. The molecule has 0 saturated heterocycles. The zero-order valence-corrected chi connectivity index (χ0v) is 18.9. The normalized spacial score (nSPS) is 12.6. The molecule has 162 valence electrons. The molecular weight excluding hydrogens is 448 g/mol. The number of carbonyl (C=O) groups is 1. The number of anilines is 1. The molecule has 7 nitrogen and oxygen atoms in total. The molecule has 1 heterocycles. The standard InChI is InChI=1S/C20H23ClN2O5S2/c1-30(25,26)23(17-6-7-18-19(11-17)28-14-27-18)12-20(24)22-8-3-9-29-13-15-4-2-5-16(21)10-15/h2,4-7,10-11H,3,8-9,12-14H2,1H3,(H,22,24). The van der Waals surface area contributed by atoms with Crippen LogP contribution >= 0.6 is 23.4 Å². The average molecular weight is 471 g/mol. The second-order valence-electron chi connectivity index (χ2n) is 6.69. The maximum Gasteiger partial charge on any atom is 0.240 e. The number of amides is 1. The predicted molar refractivity (Wildman–Crippen MR) is 120 cm³/mol. The number of sulfonamides is 1. The molecule has 1 aliphatic heterocycles. The van der Waals surface area contributed by atoms with Crippen molar-refractivity contribution in [1.82, 2.24) is 5.32 Å². The van der Waals surface area contributed by atoms with Crippen molar-refractivity contribution < 1.29 is 22.7 Å². The van der Waals surface area contributed by atoms with Crippen molar-refractivity contribution in [2.45, 2.75) is 12.2 Å². The van der Waals surface area contributed by atoms with Crippen LogP contribution in [0.25, 0.3) is 0 Å². The van der Waals surface area contributed by atoms with Crippen molar-refractivity contribution in [3.05, 3.63) is 53.1 Å². The van der Waals surface area contributed by atoms with Gasteiger partial charge >= 0.3 is 0 Å². The van der Waals surface area contributed by atoms with E-state index in [2.05, 4.69) is 5.32 Å². The van der Waals surface area contributed by atoms with E-state index in [0.717, 1.165) is 39.1 Å². The van der Waals surface area contributed by atoms with Crippen LogP contribution in [0.2, 0.25) is 5.02 Å². The van der Waals surface area contributed by atoms with Crippen LogP contribution in [0.15, 0.2) is 42.5 Å². The Morgan fingerprint density at radius 2 is 2.00 bits per heavy atom. The number of ether oxygens (including phenoxy) is 2. The number of thioether (sulfide) groups is 1. The number of fused-ring (bicyclic) bond motifs is 1. The minimum absolute atomic E-state index is 0.0907. The summed E-state index contributed by atoms with van der Waals surface area (Å²) in [6, 6.07) is 12.5. The highest BCUT2D eigenvalue weighted by Gasteiger charge is 2.23. The maximum absolute atomic E-state index is 12.3. The number of hydrogen-bond acceptors (Lipinski definition) is 6. The van der Waals surface area contributed by atoms with E-state index < -0.39 is 10.0 Å².